The molecule has 6 heteroatoms. The summed E-state index contributed by atoms with van der Waals surface area (Å²) in [6.45, 7) is 4.72. The number of benzene rings is 1. The Morgan fingerprint density at radius 2 is 2.08 bits per heavy atom. The van der Waals surface area contributed by atoms with Crippen molar-refractivity contribution in [3.05, 3.63) is 47.4 Å². The predicted octanol–water partition coefficient (Wildman–Crippen LogP) is 3.26. The van der Waals surface area contributed by atoms with Crippen LogP contribution in [0, 0.1) is 6.92 Å². The maximum Gasteiger partial charge on any atom is 0.244 e. The van der Waals surface area contributed by atoms with E-state index in [1.54, 1.807) is 19.3 Å². The number of methoxy groups -OCH3 is 1. The zero-order valence-electron chi connectivity index (χ0n) is 14.5. The molecular formula is C19H21NO5. The van der Waals surface area contributed by atoms with E-state index in [2.05, 4.69) is 5.32 Å². The zero-order valence-corrected chi connectivity index (χ0v) is 14.5. The number of hydrogen-bond donors (Lipinski definition) is 1. The van der Waals surface area contributed by atoms with E-state index in [0.29, 0.717) is 30.5 Å². The van der Waals surface area contributed by atoms with Crippen molar-refractivity contribution in [2.24, 2.45) is 0 Å². The van der Waals surface area contributed by atoms with E-state index in [1.165, 1.54) is 6.08 Å². The third kappa shape index (κ3) is 3.96. The molecule has 0 spiro atoms. The summed E-state index contributed by atoms with van der Waals surface area (Å²) < 4.78 is 22.0. The lowest BCUT2D eigenvalue weighted by Crippen LogP contribution is -2.24. The molecule has 2 heterocycles. The van der Waals surface area contributed by atoms with Crippen LogP contribution >= 0.6 is 0 Å². The monoisotopic (exact) mass is 343 g/mol. The molecule has 0 aliphatic carbocycles. The van der Waals surface area contributed by atoms with Crippen LogP contribution in [0.3, 0.4) is 0 Å². The van der Waals surface area contributed by atoms with Crippen LogP contribution < -0.4 is 19.5 Å². The molecule has 0 unspecified atom stereocenters. The van der Waals surface area contributed by atoms with Gasteiger partial charge in [-0.25, -0.2) is 0 Å². The number of rotatable bonds is 5. The van der Waals surface area contributed by atoms with Crippen molar-refractivity contribution in [2.75, 3.05) is 20.3 Å². The minimum absolute atomic E-state index is 0.208. The second-order valence-electron chi connectivity index (χ2n) is 5.76. The van der Waals surface area contributed by atoms with E-state index in [1.807, 2.05) is 32.0 Å². The van der Waals surface area contributed by atoms with Crippen molar-refractivity contribution in [2.45, 2.75) is 19.9 Å². The Bertz CT molecular complexity index is 776. The number of furan rings is 1. The number of nitrogens with one attached hydrogen (secondary N) is 1. The minimum atomic E-state index is -0.213. The van der Waals surface area contributed by atoms with Gasteiger partial charge in [-0.2, -0.15) is 0 Å². The molecule has 1 amide bonds. The lowest BCUT2D eigenvalue weighted by molar-refractivity contribution is -0.117. The van der Waals surface area contributed by atoms with Crippen LogP contribution in [-0.4, -0.2) is 26.2 Å². The van der Waals surface area contributed by atoms with Crippen LogP contribution in [0.2, 0.25) is 0 Å². The number of carbonyl (C=O) groups excluding carboxylic acids is 1. The number of aryl methyl sites for hydroxylation is 1. The Morgan fingerprint density at radius 1 is 1.28 bits per heavy atom. The van der Waals surface area contributed by atoms with Gasteiger partial charge in [0, 0.05) is 6.08 Å². The molecule has 1 aromatic heterocycles. The topological polar surface area (TPSA) is 69.9 Å². The largest absolute Gasteiger partial charge is 0.493 e. The van der Waals surface area contributed by atoms with Crippen LogP contribution in [0.1, 0.15) is 30.0 Å². The summed E-state index contributed by atoms with van der Waals surface area (Å²) in [5.41, 5.74) is 0.790. The summed E-state index contributed by atoms with van der Waals surface area (Å²) in [5, 5.41) is 2.86. The van der Waals surface area contributed by atoms with Crippen molar-refractivity contribution in [1.82, 2.24) is 5.32 Å². The number of carbonyl (C=O) groups is 1. The number of ether oxygens (including phenoxy) is 3. The Labute approximate surface area is 146 Å². The van der Waals surface area contributed by atoms with Gasteiger partial charge >= 0.3 is 0 Å². The summed E-state index contributed by atoms with van der Waals surface area (Å²) in [7, 11) is 1.57. The van der Waals surface area contributed by atoms with Gasteiger partial charge in [0.25, 0.3) is 0 Å². The fourth-order valence-electron chi connectivity index (χ4n) is 2.58. The van der Waals surface area contributed by atoms with Gasteiger partial charge in [-0.15, -0.1) is 0 Å². The first kappa shape index (κ1) is 17.0. The van der Waals surface area contributed by atoms with Crippen molar-refractivity contribution in [3.63, 3.8) is 0 Å². The second-order valence-corrected chi connectivity index (χ2v) is 5.76. The lowest BCUT2D eigenvalue weighted by atomic mass is 10.1. The standard InChI is InChI=1S/C19H21NO5/c1-12-4-6-15(25-12)13(2)20-18(21)7-5-14-10-16(22-3)19-17(11-14)23-8-9-24-19/h4-7,10-11,13H,8-9H2,1-3H3,(H,20,21)/b7-5-/t13-/m0/s1. The van der Waals surface area contributed by atoms with Crippen LogP contribution in [0.4, 0.5) is 0 Å². The highest BCUT2D eigenvalue weighted by Gasteiger charge is 2.18. The van der Waals surface area contributed by atoms with E-state index >= 15 is 0 Å². The Kier molecular flexibility index (Phi) is 4.97. The minimum Gasteiger partial charge on any atom is -0.493 e. The molecule has 1 aliphatic heterocycles. The van der Waals surface area contributed by atoms with E-state index in [4.69, 9.17) is 18.6 Å². The molecule has 25 heavy (non-hydrogen) atoms. The molecule has 6 nitrogen and oxygen atoms in total. The summed E-state index contributed by atoms with van der Waals surface area (Å²) in [6, 6.07) is 7.14. The first-order valence-corrected chi connectivity index (χ1v) is 8.09. The van der Waals surface area contributed by atoms with Gasteiger partial charge in [-0.1, -0.05) is 0 Å². The fraction of sp³-hybridized carbons (Fsp3) is 0.316. The summed E-state index contributed by atoms with van der Waals surface area (Å²) in [4.78, 5) is 12.1. The molecule has 1 aromatic carbocycles. The van der Waals surface area contributed by atoms with Crippen molar-refractivity contribution >= 4 is 12.0 Å². The van der Waals surface area contributed by atoms with E-state index in [-0.39, 0.29) is 11.9 Å². The average molecular weight is 343 g/mol. The Hall–Kier alpha value is -2.89. The van der Waals surface area contributed by atoms with Crippen LogP contribution in [0.5, 0.6) is 17.2 Å². The SMILES string of the molecule is COc1cc(/C=C\C(=O)N[C@@H](C)c2ccc(C)o2)cc2c1OCCO2. The van der Waals surface area contributed by atoms with Crippen molar-refractivity contribution < 1.29 is 23.4 Å². The van der Waals surface area contributed by atoms with Gasteiger partial charge in [-0.05, 0) is 49.8 Å². The van der Waals surface area contributed by atoms with Crippen molar-refractivity contribution in [3.8, 4) is 17.2 Å². The van der Waals surface area contributed by atoms with E-state index in [9.17, 15) is 4.79 Å². The molecule has 1 atom stereocenters. The molecule has 0 saturated heterocycles. The molecule has 0 radical (unpaired) electrons. The first-order chi connectivity index (χ1) is 12.1. The smallest absolute Gasteiger partial charge is 0.244 e. The van der Waals surface area contributed by atoms with Crippen LogP contribution in [-0.2, 0) is 4.79 Å². The van der Waals surface area contributed by atoms with Gasteiger partial charge in [-0.3, -0.25) is 4.79 Å². The molecule has 2 aromatic rings. The maximum absolute atomic E-state index is 12.1. The highest BCUT2D eigenvalue weighted by Crippen LogP contribution is 2.40. The highest BCUT2D eigenvalue weighted by molar-refractivity contribution is 5.92. The Morgan fingerprint density at radius 3 is 2.80 bits per heavy atom. The quantitative estimate of drug-likeness (QED) is 0.844. The predicted molar refractivity (Wildman–Crippen MR) is 93.0 cm³/mol. The third-order valence-electron chi connectivity index (χ3n) is 3.82. The average Bonchev–Trinajstić information content (AvgIpc) is 3.05. The van der Waals surface area contributed by atoms with Gasteiger partial charge in [0.1, 0.15) is 24.7 Å². The third-order valence-corrected chi connectivity index (χ3v) is 3.82. The maximum atomic E-state index is 12.1. The lowest BCUT2D eigenvalue weighted by Gasteiger charge is -2.20. The molecule has 1 aliphatic rings. The second kappa shape index (κ2) is 7.34. The van der Waals surface area contributed by atoms with E-state index < -0.39 is 0 Å². The van der Waals surface area contributed by atoms with Gasteiger partial charge < -0.3 is 23.9 Å². The van der Waals surface area contributed by atoms with E-state index in [0.717, 1.165) is 17.1 Å². The zero-order chi connectivity index (χ0) is 17.8. The molecule has 132 valence electrons. The molecule has 3 rings (SSSR count). The molecule has 0 saturated carbocycles. The van der Waals surface area contributed by atoms with Crippen LogP contribution in [0.25, 0.3) is 6.08 Å². The van der Waals surface area contributed by atoms with Crippen molar-refractivity contribution in [1.29, 1.82) is 0 Å². The van der Waals surface area contributed by atoms with Crippen LogP contribution in [0.15, 0.2) is 34.8 Å². The molecule has 0 fully saturated rings. The summed E-state index contributed by atoms with van der Waals surface area (Å²) >= 11 is 0. The van der Waals surface area contributed by atoms with Gasteiger partial charge in [0.2, 0.25) is 11.7 Å². The van der Waals surface area contributed by atoms with Gasteiger partial charge in [0.05, 0.1) is 13.2 Å². The van der Waals surface area contributed by atoms with Gasteiger partial charge in [0.15, 0.2) is 11.5 Å². The number of fused-ring (bicyclic) bond motifs is 1. The number of hydrogen-bond acceptors (Lipinski definition) is 5. The summed E-state index contributed by atoms with van der Waals surface area (Å²) in [6.07, 6.45) is 3.17. The molecule has 1 N–H and O–H groups in total. The highest BCUT2D eigenvalue weighted by atomic mass is 16.6. The first-order valence-electron chi connectivity index (χ1n) is 8.09. The number of amides is 1. The summed E-state index contributed by atoms with van der Waals surface area (Å²) in [5.74, 6) is 3.12. The fourth-order valence-corrected chi connectivity index (χ4v) is 2.58. The normalized spacial score (nSPS) is 14.4. The molecule has 0 bridgehead atoms. The Balaban J connectivity index is 1.69. The molecular weight excluding hydrogens is 322 g/mol.